The summed E-state index contributed by atoms with van der Waals surface area (Å²) in [5.74, 6) is 1.41. The van der Waals surface area contributed by atoms with Gasteiger partial charge >= 0.3 is 5.97 Å². The normalized spacial score (nSPS) is 21.6. The lowest BCUT2D eigenvalue weighted by molar-refractivity contribution is -0.138. The van der Waals surface area contributed by atoms with Crippen molar-refractivity contribution in [2.24, 2.45) is 23.7 Å². The zero-order valence-electron chi connectivity index (χ0n) is 16.6. The molecule has 2 N–H and O–H groups in total. The molecule has 1 atom stereocenters. The Bertz CT molecular complexity index is 470. The van der Waals surface area contributed by atoms with Crippen LogP contribution in [0.3, 0.4) is 0 Å². The molecule has 26 heavy (non-hydrogen) atoms. The van der Waals surface area contributed by atoms with Gasteiger partial charge < -0.3 is 10.4 Å². The lowest BCUT2D eigenvalue weighted by Gasteiger charge is -2.28. The van der Waals surface area contributed by atoms with Crippen LogP contribution in [0.1, 0.15) is 66.2 Å². The van der Waals surface area contributed by atoms with Crippen LogP contribution in [0, 0.1) is 23.7 Å². The number of Topliss-reactive ketones (excluding diaryl/α,β-unsaturated/α-hetero) is 1. The first-order valence-electron chi connectivity index (χ1n) is 9.82. The highest BCUT2D eigenvalue weighted by atomic mass is 32.2. The van der Waals surface area contributed by atoms with E-state index in [1.165, 1.54) is 11.8 Å². The zero-order valence-corrected chi connectivity index (χ0v) is 17.4. The van der Waals surface area contributed by atoms with Crippen LogP contribution in [0.4, 0.5) is 0 Å². The summed E-state index contributed by atoms with van der Waals surface area (Å²) >= 11 is 1.34. The van der Waals surface area contributed by atoms with Gasteiger partial charge in [0.15, 0.2) is 0 Å². The van der Waals surface area contributed by atoms with E-state index in [4.69, 9.17) is 0 Å². The van der Waals surface area contributed by atoms with E-state index in [2.05, 4.69) is 19.2 Å². The average molecular weight is 386 g/mol. The standard InChI is InChI=1S/C20H35NO4S/c1-13(2)9-17(22)16-7-5-15(6-8-16)11-21-19(23)10-18(20(24)25)26-12-14(3)4/h13-16,18H,5-12H2,1-4H3,(H,21,23)(H,24,25). The molecule has 1 unspecified atom stereocenters. The first-order chi connectivity index (χ1) is 12.2. The van der Waals surface area contributed by atoms with Crippen molar-refractivity contribution in [3.05, 3.63) is 0 Å². The molecule has 1 saturated carbocycles. The molecule has 150 valence electrons. The second-order valence-corrected chi connectivity index (χ2v) is 9.58. The predicted molar refractivity (Wildman–Crippen MR) is 106 cm³/mol. The van der Waals surface area contributed by atoms with Crippen molar-refractivity contribution >= 4 is 29.4 Å². The summed E-state index contributed by atoms with van der Waals surface area (Å²) in [6.45, 7) is 8.80. The topological polar surface area (TPSA) is 83.5 Å². The van der Waals surface area contributed by atoms with Gasteiger partial charge in [0, 0.05) is 25.3 Å². The number of rotatable bonds is 11. The van der Waals surface area contributed by atoms with Gasteiger partial charge in [-0.05, 0) is 49.2 Å². The highest BCUT2D eigenvalue weighted by molar-refractivity contribution is 8.00. The average Bonchev–Trinajstić information content (AvgIpc) is 2.56. The van der Waals surface area contributed by atoms with Gasteiger partial charge in [0.25, 0.3) is 0 Å². The number of hydrogen-bond donors (Lipinski definition) is 2. The summed E-state index contributed by atoms with van der Waals surface area (Å²) in [6, 6.07) is 0. The molecule has 5 nitrogen and oxygen atoms in total. The molecule has 0 aromatic rings. The number of aliphatic carboxylic acids is 1. The van der Waals surface area contributed by atoms with E-state index < -0.39 is 11.2 Å². The molecule has 0 radical (unpaired) electrons. The van der Waals surface area contributed by atoms with Crippen molar-refractivity contribution < 1.29 is 19.5 Å². The maximum absolute atomic E-state index is 12.1. The molecule has 1 aliphatic carbocycles. The molecule has 1 rings (SSSR count). The van der Waals surface area contributed by atoms with Crippen LogP contribution in [0.2, 0.25) is 0 Å². The molecule has 6 heteroatoms. The summed E-state index contributed by atoms with van der Waals surface area (Å²) in [5, 5.41) is 11.5. The molecular weight excluding hydrogens is 350 g/mol. The lowest BCUT2D eigenvalue weighted by Crippen LogP contribution is -2.35. The smallest absolute Gasteiger partial charge is 0.317 e. The largest absolute Gasteiger partial charge is 0.480 e. The van der Waals surface area contributed by atoms with Crippen molar-refractivity contribution in [3.8, 4) is 0 Å². The third-order valence-electron chi connectivity index (χ3n) is 4.78. The zero-order chi connectivity index (χ0) is 19.7. The predicted octanol–water partition coefficient (Wildman–Crippen LogP) is 3.76. The van der Waals surface area contributed by atoms with Crippen molar-refractivity contribution in [2.45, 2.75) is 71.5 Å². The Labute approximate surface area is 162 Å². The first kappa shape index (κ1) is 23.0. The molecule has 0 heterocycles. The Hall–Kier alpha value is -1.04. The Balaban J connectivity index is 2.30. The van der Waals surface area contributed by atoms with E-state index in [9.17, 15) is 19.5 Å². The fraction of sp³-hybridized carbons (Fsp3) is 0.850. The van der Waals surface area contributed by atoms with Gasteiger partial charge in [0.05, 0.1) is 0 Å². The second kappa shape index (κ2) is 11.6. The number of ketones is 1. The summed E-state index contributed by atoms with van der Waals surface area (Å²) < 4.78 is 0. The highest BCUT2D eigenvalue weighted by Crippen LogP contribution is 2.30. The minimum atomic E-state index is -0.921. The number of carbonyl (C=O) groups is 3. The van der Waals surface area contributed by atoms with E-state index in [0.717, 1.165) is 31.4 Å². The number of hydrogen-bond acceptors (Lipinski definition) is 4. The molecule has 1 amide bonds. The quantitative estimate of drug-likeness (QED) is 0.566. The Kier molecular flexibility index (Phi) is 10.3. The van der Waals surface area contributed by atoms with Gasteiger partial charge in [0.1, 0.15) is 11.0 Å². The summed E-state index contributed by atoms with van der Waals surface area (Å²) in [4.78, 5) is 35.5. The van der Waals surface area contributed by atoms with E-state index in [1.807, 2.05) is 13.8 Å². The van der Waals surface area contributed by atoms with Crippen LogP contribution in [0.5, 0.6) is 0 Å². The highest BCUT2D eigenvalue weighted by Gasteiger charge is 2.27. The van der Waals surface area contributed by atoms with E-state index >= 15 is 0 Å². The van der Waals surface area contributed by atoms with Crippen molar-refractivity contribution in [1.29, 1.82) is 0 Å². The van der Waals surface area contributed by atoms with Gasteiger partial charge in [-0.25, -0.2) is 0 Å². The number of carboxylic acids is 1. The van der Waals surface area contributed by atoms with Gasteiger partial charge in [-0.3, -0.25) is 14.4 Å². The number of thioether (sulfide) groups is 1. The van der Waals surface area contributed by atoms with E-state index in [0.29, 0.717) is 36.5 Å². The maximum Gasteiger partial charge on any atom is 0.317 e. The molecule has 0 spiro atoms. The fourth-order valence-corrected chi connectivity index (χ4v) is 4.31. The summed E-state index contributed by atoms with van der Waals surface area (Å²) in [5.41, 5.74) is 0. The van der Waals surface area contributed by atoms with Gasteiger partial charge in [-0.15, -0.1) is 11.8 Å². The summed E-state index contributed by atoms with van der Waals surface area (Å²) in [6.07, 6.45) is 4.42. The van der Waals surface area contributed by atoms with E-state index in [-0.39, 0.29) is 18.2 Å². The Morgan fingerprint density at radius 2 is 1.62 bits per heavy atom. The Morgan fingerprint density at radius 1 is 1.00 bits per heavy atom. The molecule has 1 fully saturated rings. The minimum absolute atomic E-state index is 0.0228. The minimum Gasteiger partial charge on any atom is -0.480 e. The van der Waals surface area contributed by atoms with Crippen LogP contribution in [0.15, 0.2) is 0 Å². The number of carboxylic acid groups (broad SMARTS) is 1. The number of amides is 1. The third kappa shape index (κ3) is 9.06. The van der Waals surface area contributed by atoms with E-state index in [1.54, 1.807) is 0 Å². The molecule has 0 aliphatic heterocycles. The fourth-order valence-electron chi connectivity index (χ4n) is 3.28. The maximum atomic E-state index is 12.1. The SMILES string of the molecule is CC(C)CSC(CC(=O)NCC1CCC(C(=O)CC(C)C)CC1)C(=O)O. The Morgan fingerprint density at radius 3 is 2.12 bits per heavy atom. The van der Waals surface area contributed by atoms with Crippen molar-refractivity contribution in [2.75, 3.05) is 12.3 Å². The monoisotopic (exact) mass is 385 g/mol. The lowest BCUT2D eigenvalue weighted by atomic mass is 9.78. The second-order valence-electron chi connectivity index (χ2n) is 8.34. The van der Waals surface area contributed by atoms with Crippen LogP contribution in [-0.2, 0) is 14.4 Å². The molecule has 0 saturated heterocycles. The molecule has 0 aromatic carbocycles. The van der Waals surface area contributed by atoms with Crippen molar-refractivity contribution in [1.82, 2.24) is 5.32 Å². The molecule has 1 aliphatic rings. The molecule has 0 aromatic heterocycles. The van der Waals surface area contributed by atoms with Gasteiger partial charge in [-0.2, -0.15) is 0 Å². The van der Waals surface area contributed by atoms with Crippen LogP contribution < -0.4 is 5.32 Å². The van der Waals surface area contributed by atoms with Gasteiger partial charge in [-0.1, -0.05) is 27.7 Å². The number of nitrogens with one attached hydrogen (secondary N) is 1. The van der Waals surface area contributed by atoms with Gasteiger partial charge in [0.2, 0.25) is 5.91 Å². The van der Waals surface area contributed by atoms with Crippen LogP contribution in [-0.4, -0.2) is 40.3 Å². The number of carbonyl (C=O) groups excluding carboxylic acids is 2. The molecular formula is C20H35NO4S. The first-order valence-corrected chi connectivity index (χ1v) is 10.9. The third-order valence-corrected chi connectivity index (χ3v) is 6.41. The summed E-state index contributed by atoms with van der Waals surface area (Å²) in [7, 11) is 0. The van der Waals surface area contributed by atoms with Crippen LogP contribution >= 0.6 is 11.8 Å². The van der Waals surface area contributed by atoms with Crippen LogP contribution in [0.25, 0.3) is 0 Å². The molecule has 0 bridgehead atoms. The van der Waals surface area contributed by atoms with Crippen molar-refractivity contribution in [3.63, 3.8) is 0 Å².